The van der Waals surface area contributed by atoms with Crippen LogP contribution in [0, 0.1) is 10.1 Å². The first-order valence-electron chi connectivity index (χ1n) is 8.93. The summed E-state index contributed by atoms with van der Waals surface area (Å²) in [6, 6.07) is 12.8. The van der Waals surface area contributed by atoms with Gasteiger partial charge in [0.2, 0.25) is 0 Å². The zero-order valence-electron chi connectivity index (χ0n) is 15.8. The molecule has 28 heavy (non-hydrogen) atoms. The molecule has 0 heterocycles. The minimum Gasteiger partial charge on any atom is -0.449 e. The molecule has 0 aliphatic carbocycles. The number of carbonyl (C=O) groups is 2. The van der Waals surface area contributed by atoms with E-state index >= 15 is 0 Å². The Morgan fingerprint density at radius 1 is 1.21 bits per heavy atom. The van der Waals surface area contributed by atoms with Crippen molar-refractivity contribution in [3.8, 4) is 0 Å². The second-order valence-electron chi connectivity index (χ2n) is 6.34. The zero-order valence-corrected chi connectivity index (χ0v) is 15.8. The van der Waals surface area contributed by atoms with E-state index in [1.165, 1.54) is 19.1 Å². The van der Waals surface area contributed by atoms with Gasteiger partial charge in [-0.25, -0.2) is 4.79 Å². The van der Waals surface area contributed by atoms with Crippen LogP contribution in [0.5, 0.6) is 0 Å². The van der Waals surface area contributed by atoms with E-state index in [1.807, 2.05) is 37.3 Å². The number of hydrogen-bond acceptors (Lipinski definition) is 6. The Morgan fingerprint density at radius 3 is 2.50 bits per heavy atom. The molecule has 0 saturated heterocycles. The number of esters is 1. The van der Waals surface area contributed by atoms with Crippen molar-refractivity contribution >= 4 is 23.3 Å². The number of nitro benzene ring substituents is 1. The van der Waals surface area contributed by atoms with Crippen LogP contribution in [0.2, 0.25) is 0 Å². The minimum absolute atomic E-state index is 0.0383. The third-order valence-corrected chi connectivity index (χ3v) is 4.22. The van der Waals surface area contributed by atoms with E-state index in [2.05, 4.69) is 5.32 Å². The molecule has 2 atom stereocenters. The van der Waals surface area contributed by atoms with Crippen LogP contribution in [0.3, 0.4) is 0 Å². The van der Waals surface area contributed by atoms with Gasteiger partial charge >= 0.3 is 5.97 Å². The van der Waals surface area contributed by atoms with E-state index in [9.17, 15) is 19.7 Å². The quantitative estimate of drug-likeness (QED) is 0.311. The lowest BCUT2D eigenvalue weighted by Gasteiger charge is -2.21. The molecule has 0 radical (unpaired) electrons. The molecule has 0 aromatic heterocycles. The molecule has 0 saturated carbocycles. The summed E-state index contributed by atoms with van der Waals surface area (Å²) in [6.07, 6.45) is 0.501. The third-order valence-electron chi connectivity index (χ3n) is 4.22. The number of nitrogen functional groups attached to an aromatic ring is 1. The molecule has 2 rings (SSSR count). The largest absolute Gasteiger partial charge is 0.449 e. The molecule has 2 aromatic carbocycles. The van der Waals surface area contributed by atoms with Crippen LogP contribution < -0.4 is 11.1 Å². The van der Waals surface area contributed by atoms with Gasteiger partial charge < -0.3 is 15.8 Å². The van der Waals surface area contributed by atoms with Gasteiger partial charge in [-0.2, -0.15) is 0 Å². The second-order valence-corrected chi connectivity index (χ2v) is 6.34. The molecule has 8 nitrogen and oxygen atoms in total. The van der Waals surface area contributed by atoms with Crippen molar-refractivity contribution in [2.45, 2.75) is 38.8 Å². The van der Waals surface area contributed by atoms with Gasteiger partial charge in [0, 0.05) is 17.8 Å². The van der Waals surface area contributed by atoms with E-state index in [-0.39, 0.29) is 23.0 Å². The fourth-order valence-electron chi connectivity index (χ4n) is 2.70. The first-order valence-corrected chi connectivity index (χ1v) is 8.93. The van der Waals surface area contributed by atoms with Gasteiger partial charge in [-0.15, -0.1) is 0 Å². The fourth-order valence-corrected chi connectivity index (χ4v) is 2.70. The number of nitrogens with zero attached hydrogens (tertiary/aromatic N) is 1. The van der Waals surface area contributed by atoms with Gasteiger partial charge in [0.25, 0.3) is 11.6 Å². The van der Waals surface area contributed by atoms with Crippen molar-refractivity contribution in [1.29, 1.82) is 0 Å². The number of carbonyl (C=O) groups excluding carboxylic acids is 2. The number of anilines is 1. The van der Waals surface area contributed by atoms with Crippen LogP contribution in [0.25, 0.3) is 0 Å². The van der Waals surface area contributed by atoms with Crippen LogP contribution in [-0.4, -0.2) is 22.9 Å². The Morgan fingerprint density at radius 2 is 1.89 bits per heavy atom. The van der Waals surface area contributed by atoms with Crippen molar-refractivity contribution in [2.24, 2.45) is 0 Å². The van der Waals surface area contributed by atoms with Crippen LogP contribution in [0.4, 0.5) is 11.4 Å². The maximum absolute atomic E-state index is 12.5. The first kappa shape index (κ1) is 20.9. The van der Waals surface area contributed by atoms with E-state index in [0.29, 0.717) is 0 Å². The lowest BCUT2D eigenvalue weighted by Crippen LogP contribution is -2.38. The SMILES string of the molecule is CCCC(NC(=O)C(C)OC(=O)c1cc([N+](=O)[O-])ccc1N)c1ccccc1. The Balaban J connectivity index is 2.08. The molecule has 3 N–H and O–H groups in total. The third kappa shape index (κ3) is 5.29. The Bertz CT molecular complexity index is 854. The Labute approximate surface area is 162 Å². The maximum Gasteiger partial charge on any atom is 0.341 e. The normalized spacial score (nSPS) is 12.6. The monoisotopic (exact) mass is 385 g/mol. The molecule has 0 spiro atoms. The predicted molar refractivity (Wildman–Crippen MR) is 105 cm³/mol. The summed E-state index contributed by atoms with van der Waals surface area (Å²) in [5.74, 6) is -1.35. The summed E-state index contributed by atoms with van der Waals surface area (Å²) in [5.41, 5.74) is 6.27. The highest BCUT2D eigenvalue weighted by molar-refractivity contribution is 5.97. The number of benzene rings is 2. The lowest BCUT2D eigenvalue weighted by atomic mass is 10.0. The summed E-state index contributed by atoms with van der Waals surface area (Å²) in [7, 11) is 0. The zero-order chi connectivity index (χ0) is 20.7. The Kier molecular flexibility index (Phi) is 7.08. The van der Waals surface area contributed by atoms with Gasteiger partial charge in [-0.3, -0.25) is 14.9 Å². The number of nitrogens with one attached hydrogen (secondary N) is 1. The molecule has 0 aliphatic heterocycles. The molecule has 2 aromatic rings. The standard InChI is InChI=1S/C20H23N3O5/c1-3-7-18(14-8-5-4-6-9-14)22-19(24)13(2)28-20(25)16-12-15(23(26)27)10-11-17(16)21/h4-6,8-13,18H,3,7,21H2,1-2H3,(H,22,24). The van der Waals surface area contributed by atoms with Gasteiger partial charge in [0.05, 0.1) is 16.5 Å². The van der Waals surface area contributed by atoms with E-state index in [0.717, 1.165) is 24.5 Å². The predicted octanol–water partition coefficient (Wildman–Crippen LogP) is 3.38. The molecule has 8 heteroatoms. The number of hydrogen-bond donors (Lipinski definition) is 2. The summed E-state index contributed by atoms with van der Waals surface area (Å²) in [5, 5.41) is 13.8. The summed E-state index contributed by atoms with van der Waals surface area (Å²) in [6.45, 7) is 3.45. The van der Waals surface area contributed by atoms with Crippen molar-refractivity contribution in [3.05, 3.63) is 69.8 Å². The van der Waals surface area contributed by atoms with Crippen molar-refractivity contribution in [1.82, 2.24) is 5.32 Å². The molecule has 2 unspecified atom stereocenters. The number of ether oxygens (including phenoxy) is 1. The molecule has 0 bridgehead atoms. The van der Waals surface area contributed by atoms with Gasteiger partial charge in [0.15, 0.2) is 6.10 Å². The lowest BCUT2D eigenvalue weighted by molar-refractivity contribution is -0.384. The average Bonchev–Trinajstić information content (AvgIpc) is 2.68. The fraction of sp³-hybridized carbons (Fsp3) is 0.300. The number of amides is 1. The maximum atomic E-state index is 12.5. The highest BCUT2D eigenvalue weighted by Crippen LogP contribution is 2.22. The average molecular weight is 385 g/mol. The van der Waals surface area contributed by atoms with Gasteiger partial charge in [-0.1, -0.05) is 43.7 Å². The van der Waals surface area contributed by atoms with Crippen LogP contribution in [0.1, 0.15) is 48.7 Å². The van der Waals surface area contributed by atoms with Gasteiger partial charge in [-0.05, 0) is 25.0 Å². The number of nitrogens with two attached hydrogens (primary N) is 1. The van der Waals surface area contributed by atoms with E-state index in [1.54, 1.807) is 0 Å². The van der Waals surface area contributed by atoms with Crippen molar-refractivity contribution < 1.29 is 19.2 Å². The summed E-state index contributed by atoms with van der Waals surface area (Å²) >= 11 is 0. The molecule has 148 valence electrons. The second kappa shape index (κ2) is 9.50. The Hall–Kier alpha value is -3.42. The van der Waals surface area contributed by atoms with Gasteiger partial charge in [0.1, 0.15) is 0 Å². The molecular weight excluding hydrogens is 362 g/mol. The number of nitro groups is 1. The van der Waals surface area contributed by atoms with Crippen molar-refractivity contribution in [3.63, 3.8) is 0 Å². The minimum atomic E-state index is -1.09. The summed E-state index contributed by atoms with van der Waals surface area (Å²) in [4.78, 5) is 35.1. The van der Waals surface area contributed by atoms with E-state index in [4.69, 9.17) is 10.5 Å². The topological polar surface area (TPSA) is 125 Å². The van der Waals surface area contributed by atoms with E-state index < -0.39 is 22.9 Å². The molecule has 1 amide bonds. The van der Waals surface area contributed by atoms with Crippen LogP contribution >= 0.6 is 0 Å². The smallest absolute Gasteiger partial charge is 0.341 e. The number of non-ortho nitro benzene ring substituents is 1. The number of rotatable bonds is 8. The molecular formula is C20H23N3O5. The highest BCUT2D eigenvalue weighted by Gasteiger charge is 2.24. The first-order chi connectivity index (χ1) is 13.3. The van der Waals surface area contributed by atoms with Crippen LogP contribution in [0.15, 0.2) is 48.5 Å². The van der Waals surface area contributed by atoms with Crippen LogP contribution in [-0.2, 0) is 9.53 Å². The molecule has 0 aliphatic rings. The molecule has 0 fully saturated rings. The highest BCUT2D eigenvalue weighted by atomic mass is 16.6. The van der Waals surface area contributed by atoms with Crippen molar-refractivity contribution in [2.75, 3.05) is 5.73 Å². The summed E-state index contributed by atoms with van der Waals surface area (Å²) < 4.78 is 5.18.